The van der Waals surface area contributed by atoms with E-state index < -0.39 is 0 Å². The molecule has 0 saturated heterocycles. The fraction of sp³-hybridized carbons (Fsp3) is 0.375. The van der Waals surface area contributed by atoms with Gasteiger partial charge < -0.3 is 0 Å². The monoisotopic (exact) mass is 279 g/mol. The molecule has 1 rings (SSSR count). The summed E-state index contributed by atoms with van der Waals surface area (Å²) < 4.78 is 0. The molecular formula is C8H11Br2N. The van der Waals surface area contributed by atoms with Crippen molar-refractivity contribution < 1.29 is 0 Å². The van der Waals surface area contributed by atoms with Gasteiger partial charge in [0, 0.05) is 17.2 Å². The molecule has 0 aliphatic heterocycles. The van der Waals surface area contributed by atoms with Gasteiger partial charge in [-0.1, -0.05) is 15.9 Å². The van der Waals surface area contributed by atoms with Crippen LogP contribution in [0.25, 0.3) is 0 Å². The molecule has 3 heteroatoms. The number of hydrogen-bond acceptors (Lipinski definition) is 1. The standard InChI is InChI=1S/C8H10BrN.BrH/c1-6-3-4-10-7(2)8(6)5-9;/h3-4H,5H2,1-2H3;1H. The highest BCUT2D eigenvalue weighted by Crippen LogP contribution is 2.13. The van der Waals surface area contributed by atoms with E-state index in [0.717, 1.165) is 11.0 Å². The van der Waals surface area contributed by atoms with Crippen molar-refractivity contribution in [2.24, 2.45) is 0 Å². The van der Waals surface area contributed by atoms with Crippen LogP contribution in [0.2, 0.25) is 0 Å². The lowest BCUT2D eigenvalue weighted by molar-refractivity contribution is 1.11. The minimum absolute atomic E-state index is 0. The molecule has 0 amide bonds. The Morgan fingerprint density at radius 1 is 1.45 bits per heavy atom. The summed E-state index contributed by atoms with van der Waals surface area (Å²) >= 11 is 3.42. The molecule has 0 spiro atoms. The minimum atomic E-state index is 0. The topological polar surface area (TPSA) is 12.9 Å². The van der Waals surface area contributed by atoms with Crippen LogP contribution in [0.4, 0.5) is 0 Å². The second kappa shape index (κ2) is 4.88. The van der Waals surface area contributed by atoms with Crippen LogP contribution in [0.1, 0.15) is 16.8 Å². The second-order valence-corrected chi connectivity index (χ2v) is 2.89. The van der Waals surface area contributed by atoms with Gasteiger partial charge in [0.05, 0.1) is 0 Å². The van der Waals surface area contributed by atoms with Crippen LogP contribution in [-0.2, 0) is 5.33 Å². The number of alkyl halides is 1. The molecule has 0 aliphatic rings. The van der Waals surface area contributed by atoms with Crippen molar-refractivity contribution in [3.8, 4) is 0 Å². The summed E-state index contributed by atoms with van der Waals surface area (Å²) in [6.07, 6.45) is 1.84. The maximum atomic E-state index is 4.18. The Morgan fingerprint density at radius 3 is 2.45 bits per heavy atom. The SMILES string of the molecule is Br.Cc1ccnc(C)c1CBr. The third-order valence-corrected chi connectivity index (χ3v) is 2.20. The summed E-state index contributed by atoms with van der Waals surface area (Å²) in [6, 6.07) is 2.03. The van der Waals surface area contributed by atoms with E-state index in [9.17, 15) is 0 Å². The lowest BCUT2D eigenvalue weighted by Gasteiger charge is -2.02. The van der Waals surface area contributed by atoms with E-state index in [4.69, 9.17) is 0 Å². The van der Waals surface area contributed by atoms with Gasteiger partial charge in [-0.25, -0.2) is 0 Å². The van der Waals surface area contributed by atoms with Gasteiger partial charge in [0.1, 0.15) is 0 Å². The van der Waals surface area contributed by atoms with E-state index in [1.807, 2.05) is 19.2 Å². The van der Waals surface area contributed by atoms with Crippen molar-refractivity contribution in [1.29, 1.82) is 0 Å². The summed E-state index contributed by atoms with van der Waals surface area (Å²) in [5, 5.41) is 0.901. The lowest BCUT2D eigenvalue weighted by Crippen LogP contribution is -1.91. The summed E-state index contributed by atoms with van der Waals surface area (Å²) in [5.74, 6) is 0. The van der Waals surface area contributed by atoms with E-state index in [1.165, 1.54) is 11.1 Å². The Bertz CT molecular complexity index is 215. The van der Waals surface area contributed by atoms with Gasteiger partial charge in [0.25, 0.3) is 0 Å². The van der Waals surface area contributed by atoms with Crippen molar-refractivity contribution in [3.05, 3.63) is 29.1 Å². The predicted molar refractivity (Wildman–Crippen MR) is 56.7 cm³/mol. The molecule has 1 aromatic heterocycles. The van der Waals surface area contributed by atoms with Gasteiger partial charge in [-0.05, 0) is 31.0 Å². The zero-order valence-electron chi connectivity index (χ0n) is 6.60. The predicted octanol–water partition coefficient (Wildman–Crippen LogP) is 3.17. The number of aryl methyl sites for hydroxylation is 2. The van der Waals surface area contributed by atoms with E-state index in [1.54, 1.807) is 0 Å². The number of pyridine rings is 1. The molecule has 11 heavy (non-hydrogen) atoms. The first kappa shape index (κ1) is 11.1. The first-order chi connectivity index (χ1) is 4.75. The molecule has 0 bridgehead atoms. The van der Waals surface area contributed by atoms with Crippen LogP contribution in [0.3, 0.4) is 0 Å². The van der Waals surface area contributed by atoms with E-state index in [2.05, 4.69) is 27.8 Å². The molecule has 0 atom stereocenters. The maximum absolute atomic E-state index is 4.18. The first-order valence-corrected chi connectivity index (χ1v) is 4.35. The normalized spacial score (nSPS) is 9.00. The first-order valence-electron chi connectivity index (χ1n) is 3.22. The van der Waals surface area contributed by atoms with Gasteiger partial charge in [-0.15, -0.1) is 17.0 Å². The quantitative estimate of drug-likeness (QED) is 0.720. The van der Waals surface area contributed by atoms with Crippen molar-refractivity contribution in [2.45, 2.75) is 19.2 Å². The number of aromatic nitrogens is 1. The van der Waals surface area contributed by atoms with Crippen molar-refractivity contribution >= 4 is 32.9 Å². The minimum Gasteiger partial charge on any atom is -0.261 e. The van der Waals surface area contributed by atoms with Crippen LogP contribution in [-0.4, -0.2) is 4.98 Å². The van der Waals surface area contributed by atoms with Crippen LogP contribution in [0.15, 0.2) is 12.3 Å². The Labute approximate surface area is 86.1 Å². The largest absolute Gasteiger partial charge is 0.261 e. The number of rotatable bonds is 1. The lowest BCUT2D eigenvalue weighted by atomic mass is 10.1. The summed E-state index contributed by atoms with van der Waals surface area (Å²) in [4.78, 5) is 4.18. The van der Waals surface area contributed by atoms with E-state index in [-0.39, 0.29) is 17.0 Å². The highest BCUT2D eigenvalue weighted by atomic mass is 79.9. The van der Waals surface area contributed by atoms with E-state index >= 15 is 0 Å². The molecule has 1 aromatic rings. The highest BCUT2D eigenvalue weighted by Gasteiger charge is 1.98. The zero-order chi connectivity index (χ0) is 7.56. The second-order valence-electron chi connectivity index (χ2n) is 2.33. The fourth-order valence-corrected chi connectivity index (χ4v) is 1.77. The maximum Gasteiger partial charge on any atom is 0.0415 e. The molecule has 0 unspecified atom stereocenters. The summed E-state index contributed by atoms with van der Waals surface area (Å²) in [7, 11) is 0. The van der Waals surface area contributed by atoms with Gasteiger partial charge >= 0.3 is 0 Å². The molecule has 62 valence electrons. The fourth-order valence-electron chi connectivity index (χ4n) is 0.927. The third-order valence-electron chi connectivity index (χ3n) is 1.64. The number of nitrogens with zero attached hydrogens (tertiary/aromatic N) is 1. The molecule has 0 saturated carbocycles. The average Bonchev–Trinajstić information content (AvgIpc) is 1.88. The van der Waals surface area contributed by atoms with Crippen molar-refractivity contribution in [1.82, 2.24) is 4.98 Å². The summed E-state index contributed by atoms with van der Waals surface area (Å²) in [5.41, 5.74) is 3.74. The molecular weight excluding hydrogens is 270 g/mol. The molecule has 0 radical (unpaired) electrons. The smallest absolute Gasteiger partial charge is 0.0415 e. The molecule has 1 heterocycles. The Morgan fingerprint density at radius 2 is 2.09 bits per heavy atom. The van der Waals surface area contributed by atoms with Crippen LogP contribution < -0.4 is 0 Å². The molecule has 0 fully saturated rings. The Balaban J connectivity index is 0.000001000. The van der Waals surface area contributed by atoms with Gasteiger partial charge in [0.15, 0.2) is 0 Å². The van der Waals surface area contributed by atoms with Crippen LogP contribution >= 0.6 is 32.9 Å². The van der Waals surface area contributed by atoms with Crippen LogP contribution in [0, 0.1) is 13.8 Å². The van der Waals surface area contributed by atoms with Gasteiger partial charge in [0.2, 0.25) is 0 Å². The van der Waals surface area contributed by atoms with Crippen LogP contribution in [0.5, 0.6) is 0 Å². The Kier molecular flexibility index (Phi) is 4.93. The molecule has 0 N–H and O–H groups in total. The number of hydrogen-bond donors (Lipinski definition) is 0. The summed E-state index contributed by atoms with van der Waals surface area (Å²) in [6.45, 7) is 4.13. The van der Waals surface area contributed by atoms with Gasteiger partial charge in [-0.2, -0.15) is 0 Å². The van der Waals surface area contributed by atoms with E-state index in [0.29, 0.717) is 0 Å². The van der Waals surface area contributed by atoms with Gasteiger partial charge in [-0.3, -0.25) is 4.98 Å². The average molecular weight is 281 g/mol. The molecule has 1 nitrogen and oxygen atoms in total. The third kappa shape index (κ3) is 2.56. The van der Waals surface area contributed by atoms with Crippen molar-refractivity contribution in [2.75, 3.05) is 0 Å². The van der Waals surface area contributed by atoms with Crippen molar-refractivity contribution in [3.63, 3.8) is 0 Å². The molecule has 0 aromatic carbocycles. The molecule has 0 aliphatic carbocycles. The Hall–Kier alpha value is 0.110. The zero-order valence-corrected chi connectivity index (χ0v) is 9.89. The number of halogens is 2. The highest BCUT2D eigenvalue weighted by molar-refractivity contribution is 9.08.